The Morgan fingerprint density at radius 3 is 2.46 bits per heavy atom. The molecule has 7 nitrogen and oxygen atoms in total. The number of fused-ring (bicyclic) bond motifs is 1. The molecule has 9 heteroatoms. The Morgan fingerprint density at radius 1 is 1.08 bits per heavy atom. The summed E-state index contributed by atoms with van der Waals surface area (Å²) in [6, 6.07) is 6.58. The number of amides is 2. The molecule has 0 unspecified atom stereocenters. The minimum Gasteiger partial charge on any atom is -0.379 e. The summed E-state index contributed by atoms with van der Waals surface area (Å²) in [5.74, 6) is 2.15. The fraction of sp³-hybridized carbons (Fsp3) is 0.600. The number of ether oxygens (including phenoxy) is 1. The van der Waals surface area contributed by atoms with E-state index < -0.39 is 0 Å². The monoisotopic (exact) mass is 551 g/mol. The minimum atomic E-state index is -0.246. The van der Waals surface area contributed by atoms with Crippen molar-refractivity contribution < 1.29 is 13.9 Å². The highest BCUT2D eigenvalue weighted by Gasteiger charge is 2.51. The van der Waals surface area contributed by atoms with Crippen LogP contribution in [0.2, 0.25) is 0 Å². The fourth-order valence-corrected chi connectivity index (χ4v) is 8.90. The van der Waals surface area contributed by atoms with Crippen molar-refractivity contribution in [3.05, 3.63) is 47.4 Å². The van der Waals surface area contributed by atoms with Crippen molar-refractivity contribution in [2.45, 2.75) is 50.5 Å². The first kappa shape index (κ1) is 25.5. The third kappa shape index (κ3) is 5.33. The molecular formula is C30H38FN5O2S. The Morgan fingerprint density at radius 2 is 1.77 bits per heavy atom. The summed E-state index contributed by atoms with van der Waals surface area (Å²) in [6.07, 6.45) is 10.4. The third-order valence-corrected chi connectivity index (χ3v) is 10.4. The maximum absolute atomic E-state index is 13.9. The number of benzene rings is 1. The van der Waals surface area contributed by atoms with Crippen molar-refractivity contribution >= 4 is 22.3 Å². The van der Waals surface area contributed by atoms with E-state index in [1.165, 1.54) is 31.4 Å². The number of carbonyl (C=O) groups is 1. The number of nitrogens with one attached hydrogen (secondary N) is 1. The van der Waals surface area contributed by atoms with Gasteiger partial charge in [0.2, 0.25) is 0 Å². The maximum Gasteiger partial charge on any atom is 0.317 e. The summed E-state index contributed by atoms with van der Waals surface area (Å²) in [4.78, 5) is 24.0. The molecule has 4 aliphatic carbocycles. The molecule has 0 atom stereocenters. The number of hydrogen-bond donors (Lipinski definition) is 1. The molecule has 39 heavy (non-hydrogen) atoms. The second-order valence-electron chi connectivity index (χ2n) is 12.3. The van der Waals surface area contributed by atoms with Crippen molar-refractivity contribution in [3.63, 3.8) is 0 Å². The van der Waals surface area contributed by atoms with E-state index in [1.54, 1.807) is 23.5 Å². The molecule has 1 aliphatic heterocycles. The van der Waals surface area contributed by atoms with Gasteiger partial charge in [-0.05, 0) is 80.5 Å². The second kappa shape index (κ2) is 10.5. The number of rotatable bonds is 8. The van der Waals surface area contributed by atoms with Gasteiger partial charge >= 0.3 is 6.03 Å². The fourth-order valence-electron chi connectivity index (χ4n) is 7.99. The predicted octanol–water partition coefficient (Wildman–Crippen LogP) is 5.06. The Balaban J connectivity index is 1.06. The molecule has 208 valence electrons. The highest BCUT2D eigenvalue weighted by atomic mass is 32.1. The highest BCUT2D eigenvalue weighted by molar-refractivity contribution is 7.15. The molecule has 2 amide bonds. The lowest BCUT2D eigenvalue weighted by molar-refractivity contribution is -0.0160. The molecule has 1 aromatic carbocycles. The van der Waals surface area contributed by atoms with Gasteiger partial charge in [0.1, 0.15) is 5.82 Å². The van der Waals surface area contributed by atoms with Crippen LogP contribution in [0.4, 0.5) is 9.18 Å². The molecule has 8 rings (SSSR count). The number of halogens is 1. The largest absolute Gasteiger partial charge is 0.379 e. The summed E-state index contributed by atoms with van der Waals surface area (Å²) >= 11 is 1.61. The SMILES string of the molecule is O=C(NC12CC3CC(CC(C3)C1)C2)N(CCc1csc2nc(-c3ccc(F)cc3)cn12)CCN1CCOCC1. The van der Waals surface area contributed by atoms with E-state index >= 15 is 0 Å². The van der Waals surface area contributed by atoms with E-state index in [0.717, 1.165) is 105 Å². The van der Waals surface area contributed by atoms with Gasteiger partial charge in [0.05, 0.1) is 18.9 Å². The van der Waals surface area contributed by atoms with Crippen LogP contribution in [0.1, 0.15) is 44.2 Å². The van der Waals surface area contributed by atoms with Crippen LogP contribution in [0, 0.1) is 23.6 Å². The van der Waals surface area contributed by atoms with Crippen LogP contribution < -0.4 is 5.32 Å². The van der Waals surface area contributed by atoms with Crippen molar-refractivity contribution in [1.29, 1.82) is 0 Å². The van der Waals surface area contributed by atoms with Crippen LogP contribution in [-0.4, -0.2) is 76.7 Å². The number of nitrogens with zero attached hydrogens (tertiary/aromatic N) is 4. The predicted molar refractivity (Wildman–Crippen MR) is 150 cm³/mol. The van der Waals surface area contributed by atoms with Gasteiger partial charge in [0.15, 0.2) is 4.96 Å². The van der Waals surface area contributed by atoms with Crippen LogP contribution in [0.5, 0.6) is 0 Å². The Kier molecular flexibility index (Phi) is 6.85. The maximum atomic E-state index is 13.9. The lowest BCUT2D eigenvalue weighted by Crippen LogP contribution is -2.62. The number of imidazole rings is 1. The quantitative estimate of drug-likeness (QED) is 0.425. The van der Waals surface area contributed by atoms with E-state index in [9.17, 15) is 9.18 Å². The lowest BCUT2D eigenvalue weighted by Gasteiger charge is -2.57. The molecule has 0 radical (unpaired) electrons. The molecular weight excluding hydrogens is 513 g/mol. The second-order valence-corrected chi connectivity index (χ2v) is 13.2. The highest BCUT2D eigenvalue weighted by Crippen LogP contribution is 2.55. The van der Waals surface area contributed by atoms with E-state index in [-0.39, 0.29) is 17.4 Å². The summed E-state index contributed by atoms with van der Waals surface area (Å²) in [6.45, 7) is 5.64. The number of morpholine rings is 1. The van der Waals surface area contributed by atoms with E-state index in [1.807, 2.05) is 6.20 Å². The van der Waals surface area contributed by atoms with Gasteiger partial charge in [0.25, 0.3) is 0 Å². The Bertz CT molecular complexity index is 1280. The minimum absolute atomic E-state index is 0.00705. The van der Waals surface area contributed by atoms with Gasteiger partial charge in [-0.2, -0.15) is 0 Å². The molecule has 4 bridgehead atoms. The van der Waals surface area contributed by atoms with Crippen molar-refractivity contribution in [3.8, 4) is 11.3 Å². The van der Waals surface area contributed by atoms with Gasteiger partial charge in [0, 0.05) is 67.5 Å². The average molecular weight is 552 g/mol. The van der Waals surface area contributed by atoms with Crippen LogP contribution in [-0.2, 0) is 11.2 Å². The van der Waals surface area contributed by atoms with Gasteiger partial charge in [-0.3, -0.25) is 9.30 Å². The van der Waals surface area contributed by atoms with E-state index in [0.29, 0.717) is 6.54 Å². The standard InChI is InChI=1S/C30H38FN5O2S/c31-25-3-1-24(2-4-25)27-19-36-26(20-39-29(36)32-27)5-6-35(8-7-34-9-11-38-12-10-34)28(37)33-30-16-21-13-22(17-30)15-23(14-21)18-30/h1-4,19-23H,5-18H2,(H,33,37). The zero-order valence-electron chi connectivity index (χ0n) is 22.5. The molecule has 3 aromatic rings. The normalized spacial score (nSPS) is 28.3. The molecule has 1 saturated heterocycles. The first-order valence-electron chi connectivity index (χ1n) is 14.6. The molecule has 3 heterocycles. The van der Waals surface area contributed by atoms with Crippen molar-refractivity contribution in [2.24, 2.45) is 17.8 Å². The van der Waals surface area contributed by atoms with Crippen molar-refractivity contribution in [2.75, 3.05) is 45.9 Å². The number of aromatic nitrogens is 2. The third-order valence-electron chi connectivity index (χ3n) is 9.55. The van der Waals surface area contributed by atoms with Crippen LogP contribution in [0.15, 0.2) is 35.8 Å². The molecule has 4 saturated carbocycles. The van der Waals surface area contributed by atoms with Gasteiger partial charge in [-0.25, -0.2) is 14.2 Å². The average Bonchev–Trinajstić information content (AvgIpc) is 3.50. The topological polar surface area (TPSA) is 62.1 Å². The molecule has 0 spiro atoms. The number of carbonyl (C=O) groups excluding carboxylic acids is 1. The Labute approximate surface area is 233 Å². The van der Waals surface area contributed by atoms with Crippen LogP contribution in [0.25, 0.3) is 16.2 Å². The van der Waals surface area contributed by atoms with Gasteiger partial charge in [-0.15, -0.1) is 11.3 Å². The molecule has 5 fully saturated rings. The lowest BCUT2D eigenvalue weighted by atomic mass is 9.53. The summed E-state index contributed by atoms with van der Waals surface area (Å²) < 4.78 is 21.1. The molecule has 2 aromatic heterocycles. The Hall–Kier alpha value is -2.49. The number of hydrogen-bond acceptors (Lipinski definition) is 5. The first-order chi connectivity index (χ1) is 19.0. The smallest absolute Gasteiger partial charge is 0.317 e. The van der Waals surface area contributed by atoms with Crippen LogP contribution >= 0.6 is 11.3 Å². The van der Waals surface area contributed by atoms with Gasteiger partial charge in [-0.1, -0.05) is 0 Å². The van der Waals surface area contributed by atoms with Gasteiger partial charge < -0.3 is 15.0 Å². The summed E-state index contributed by atoms with van der Waals surface area (Å²) in [5, 5.41) is 5.75. The molecule has 1 N–H and O–H groups in total. The van der Waals surface area contributed by atoms with E-state index in [2.05, 4.69) is 24.9 Å². The summed E-state index contributed by atoms with van der Waals surface area (Å²) in [5.41, 5.74) is 2.90. The van der Waals surface area contributed by atoms with Crippen LogP contribution in [0.3, 0.4) is 0 Å². The number of urea groups is 1. The van der Waals surface area contributed by atoms with E-state index in [4.69, 9.17) is 9.72 Å². The number of thiazole rings is 1. The zero-order chi connectivity index (χ0) is 26.4. The molecule has 5 aliphatic rings. The van der Waals surface area contributed by atoms with Crippen molar-refractivity contribution in [1.82, 2.24) is 24.5 Å². The first-order valence-corrected chi connectivity index (χ1v) is 15.5. The summed E-state index contributed by atoms with van der Waals surface area (Å²) in [7, 11) is 0. The zero-order valence-corrected chi connectivity index (χ0v) is 23.3.